The van der Waals surface area contributed by atoms with Gasteiger partial charge in [0.25, 0.3) is 5.91 Å². The number of hydrogen-bond acceptors (Lipinski definition) is 4. The topological polar surface area (TPSA) is 64.6 Å². The third kappa shape index (κ3) is 4.04. The number of carbonyl (C=O) groups is 2. The van der Waals surface area contributed by atoms with Crippen molar-refractivity contribution in [1.29, 1.82) is 0 Å². The van der Waals surface area contributed by atoms with E-state index in [-0.39, 0.29) is 24.3 Å². The normalized spacial score (nSPS) is 15.2. The fourth-order valence-electron chi connectivity index (χ4n) is 2.53. The molecule has 0 fully saturated rings. The van der Waals surface area contributed by atoms with E-state index >= 15 is 0 Å². The largest absolute Gasteiger partial charge is 0.483 e. The molecule has 0 radical (unpaired) electrons. The van der Waals surface area contributed by atoms with Crippen LogP contribution in [0.1, 0.15) is 35.7 Å². The van der Waals surface area contributed by atoms with Crippen molar-refractivity contribution in [2.24, 2.45) is 0 Å². The van der Waals surface area contributed by atoms with Crippen LogP contribution in [0.5, 0.6) is 5.75 Å². The first kappa shape index (κ1) is 15.5. The lowest BCUT2D eigenvalue weighted by atomic mass is 9.90. The van der Waals surface area contributed by atoms with Gasteiger partial charge in [0.1, 0.15) is 5.75 Å². The first-order chi connectivity index (χ1) is 10.1. The molecule has 0 bridgehead atoms. The predicted molar refractivity (Wildman–Crippen MR) is 78.7 cm³/mol. The van der Waals surface area contributed by atoms with Crippen molar-refractivity contribution in [3.8, 4) is 5.75 Å². The molecule has 0 aromatic heterocycles. The summed E-state index contributed by atoms with van der Waals surface area (Å²) in [5.74, 6) is 0.592. The predicted octanol–water partition coefficient (Wildman–Crippen LogP) is 1.74. The van der Waals surface area contributed by atoms with Gasteiger partial charge in [0.2, 0.25) is 0 Å². The van der Waals surface area contributed by atoms with Crippen molar-refractivity contribution in [1.82, 2.24) is 5.32 Å². The van der Waals surface area contributed by atoms with E-state index < -0.39 is 0 Å². The molecule has 0 saturated carbocycles. The monoisotopic (exact) mass is 291 g/mol. The van der Waals surface area contributed by atoms with Crippen LogP contribution in [0.25, 0.3) is 0 Å². The maximum absolute atomic E-state index is 11.8. The summed E-state index contributed by atoms with van der Waals surface area (Å²) in [5, 5.41) is 2.78. The zero-order chi connectivity index (χ0) is 15.2. The second-order valence-electron chi connectivity index (χ2n) is 5.27. The molecule has 1 aromatic carbocycles. The van der Waals surface area contributed by atoms with E-state index in [0.29, 0.717) is 18.8 Å². The number of fused-ring (bicyclic) bond motifs is 1. The summed E-state index contributed by atoms with van der Waals surface area (Å²) < 4.78 is 10.5. The molecule has 114 valence electrons. The Labute approximate surface area is 124 Å². The molecule has 0 spiro atoms. The van der Waals surface area contributed by atoms with Crippen molar-refractivity contribution in [2.75, 3.05) is 20.3 Å². The average Bonchev–Trinajstić information content (AvgIpc) is 2.46. The number of hydrogen-bond donors (Lipinski definition) is 1. The first-order valence-corrected chi connectivity index (χ1v) is 7.18. The van der Waals surface area contributed by atoms with Crippen LogP contribution in [0.2, 0.25) is 0 Å². The molecular weight excluding hydrogens is 270 g/mol. The number of ether oxygens (including phenoxy) is 2. The van der Waals surface area contributed by atoms with Crippen LogP contribution in [-0.2, 0) is 16.0 Å². The van der Waals surface area contributed by atoms with Gasteiger partial charge in [0.15, 0.2) is 12.4 Å². The molecule has 21 heavy (non-hydrogen) atoms. The lowest BCUT2D eigenvalue weighted by Gasteiger charge is -2.19. The molecule has 1 amide bonds. The maximum Gasteiger partial charge on any atom is 0.258 e. The summed E-state index contributed by atoms with van der Waals surface area (Å²) in [5.41, 5.74) is 1.65. The van der Waals surface area contributed by atoms with Crippen LogP contribution < -0.4 is 10.1 Å². The van der Waals surface area contributed by atoms with Gasteiger partial charge in [-0.15, -0.1) is 0 Å². The number of ketones is 1. The SMILES string of the molecule is COCC(C)NC(=O)COc1cccc2c1CCCC2=O. The van der Waals surface area contributed by atoms with E-state index in [0.717, 1.165) is 24.0 Å². The van der Waals surface area contributed by atoms with Crippen LogP contribution in [0.4, 0.5) is 0 Å². The van der Waals surface area contributed by atoms with Crippen molar-refractivity contribution >= 4 is 11.7 Å². The zero-order valence-corrected chi connectivity index (χ0v) is 12.5. The minimum Gasteiger partial charge on any atom is -0.483 e. The molecule has 1 aliphatic rings. The van der Waals surface area contributed by atoms with Crippen molar-refractivity contribution < 1.29 is 19.1 Å². The molecule has 1 aromatic rings. The Morgan fingerprint density at radius 1 is 1.38 bits per heavy atom. The van der Waals surface area contributed by atoms with Crippen molar-refractivity contribution in [2.45, 2.75) is 32.2 Å². The van der Waals surface area contributed by atoms with E-state index in [1.54, 1.807) is 13.2 Å². The quantitative estimate of drug-likeness (QED) is 0.867. The molecule has 1 aliphatic carbocycles. The molecule has 1 atom stereocenters. The Morgan fingerprint density at radius 3 is 2.95 bits per heavy atom. The fraction of sp³-hybridized carbons (Fsp3) is 0.500. The minimum absolute atomic E-state index is 0.0568. The fourth-order valence-corrected chi connectivity index (χ4v) is 2.53. The molecular formula is C16H21NO4. The first-order valence-electron chi connectivity index (χ1n) is 7.18. The molecule has 5 nitrogen and oxygen atoms in total. The van der Waals surface area contributed by atoms with Gasteiger partial charge in [0.05, 0.1) is 6.61 Å². The van der Waals surface area contributed by atoms with Gasteiger partial charge in [-0.25, -0.2) is 0 Å². The lowest BCUT2D eigenvalue weighted by Crippen LogP contribution is -2.38. The van der Waals surface area contributed by atoms with Gasteiger partial charge in [-0.3, -0.25) is 9.59 Å². The molecule has 2 rings (SSSR count). The Hall–Kier alpha value is -1.88. The van der Waals surface area contributed by atoms with Crippen molar-refractivity contribution in [3.05, 3.63) is 29.3 Å². The molecule has 0 heterocycles. The van der Waals surface area contributed by atoms with Crippen LogP contribution in [0.3, 0.4) is 0 Å². The average molecular weight is 291 g/mol. The number of Topliss-reactive ketones (excluding diaryl/α,β-unsaturated/α-hetero) is 1. The Kier molecular flexibility index (Phi) is 5.33. The summed E-state index contributed by atoms with van der Waals surface area (Å²) in [4.78, 5) is 23.6. The molecule has 0 aliphatic heterocycles. The van der Waals surface area contributed by atoms with Gasteiger partial charge in [0, 0.05) is 30.7 Å². The second kappa shape index (κ2) is 7.22. The smallest absolute Gasteiger partial charge is 0.258 e. The molecule has 1 N–H and O–H groups in total. The number of carbonyl (C=O) groups excluding carboxylic acids is 2. The third-order valence-electron chi connectivity index (χ3n) is 3.45. The van der Waals surface area contributed by atoms with Crippen LogP contribution in [0, 0.1) is 0 Å². The Morgan fingerprint density at radius 2 is 2.19 bits per heavy atom. The van der Waals surface area contributed by atoms with Gasteiger partial charge >= 0.3 is 0 Å². The number of methoxy groups -OCH3 is 1. The van der Waals surface area contributed by atoms with Gasteiger partial charge in [-0.2, -0.15) is 0 Å². The summed E-state index contributed by atoms with van der Waals surface area (Å²) in [6.45, 7) is 2.27. The maximum atomic E-state index is 11.8. The van der Waals surface area contributed by atoms with E-state index in [4.69, 9.17) is 9.47 Å². The standard InChI is InChI=1S/C16H21NO4/c1-11(9-20-2)17-16(19)10-21-15-8-4-5-12-13(15)6-3-7-14(12)18/h4-5,8,11H,3,6-7,9-10H2,1-2H3,(H,17,19). The number of amides is 1. The highest BCUT2D eigenvalue weighted by Gasteiger charge is 2.20. The summed E-state index contributed by atoms with van der Waals surface area (Å²) in [6.07, 6.45) is 2.24. The molecule has 0 saturated heterocycles. The van der Waals surface area contributed by atoms with E-state index in [1.165, 1.54) is 0 Å². The summed E-state index contributed by atoms with van der Waals surface area (Å²) in [6, 6.07) is 5.37. The lowest BCUT2D eigenvalue weighted by molar-refractivity contribution is -0.124. The summed E-state index contributed by atoms with van der Waals surface area (Å²) in [7, 11) is 1.59. The number of benzene rings is 1. The van der Waals surface area contributed by atoms with Crippen molar-refractivity contribution in [3.63, 3.8) is 0 Å². The van der Waals surface area contributed by atoms with Crippen LogP contribution in [0.15, 0.2) is 18.2 Å². The Bertz CT molecular complexity index is 527. The van der Waals surface area contributed by atoms with Crippen LogP contribution >= 0.6 is 0 Å². The van der Waals surface area contributed by atoms with Gasteiger partial charge < -0.3 is 14.8 Å². The third-order valence-corrected chi connectivity index (χ3v) is 3.45. The summed E-state index contributed by atoms with van der Waals surface area (Å²) >= 11 is 0. The highest BCUT2D eigenvalue weighted by molar-refractivity contribution is 5.99. The highest BCUT2D eigenvalue weighted by atomic mass is 16.5. The van der Waals surface area contributed by atoms with E-state index in [2.05, 4.69) is 5.32 Å². The zero-order valence-electron chi connectivity index (χ0n) is 12.5. The second-order valence-corrected chi connectivity index (χ2v) is 5.27. The number of nitrogens with one attached hydrogen (secondary N) is 1. The molecule has 5 heteroatoms. The van der Waals surface area contributed by atoms with Gasteiger partial charge in [-0.05, 0) is 25.8 Å². The Balaban J connectivity index is 1.96. The highest BCUT2D eigenvalue weighted by Crippen LogP contribution is 2.29. The number of rotatable bonds is 6. The van der Waals surface area contributed by atoms with E-state index in [9.17, 15) is 9.59 Å². The molecule has 1 unspecified atom stereocenters. The van der Waals surface area contributed by atoms with E-state index in [1.807, 2.05) is 19.1 Å². The van der Waals surface area contributed by atoms with Crippen LogP contribution in [-0.4, -0.2) is 38.1 Å². The minimum atomic E-state index is -0.195. The van der Waals surface area contributed by atoms with Gasteiger partial charge in [-0.1, -0.05) is 12.1 Å².